The second kappa shape index (κ2) is 11.5. The van der Waals surface area contributed by atoms with Crippen LogP contribution in [0.1, 0.15) is 24.0 Å². The molecule has 8 heteroatoms. The molecule has 0 aliphatic heterocycles. The molecule has 0 saturated carbocycles. The molecule has 0 radical (unpaired) electrons. The van der Waals surface area contributed by atoms with E-state index in [9.17, 15) is 9.59 Å². The van der Waals surface area contributed by atoms with Crippen LogP contribution in [-0.2, 0) is 9.59 Å². The molecule has 0 N–H and O–H groups in total. The van der Waals surface area contributed by atoms with E-state index in [1.165, 1.54) is 12.2 Å². The fourth-order valence-corrected chi connectivity index (χ4v) is 3.92. The highest BCUT2D eigenvalue weighted by molar-refractivity contribution is 6.32. The lowest BCUT2D eigenvalue weighted by Crippen LogP contribution is -1.97. The molecule has 0 amide bonds. The zero-order valence-corrected chi connectivity index (χ0v) is 20.5. The van der Waals surface area contributed by atoms with E-state index in [1.807, 2.05) is 36.4 Å². The number of benzene rings is 4. The summed E-state index contributed by atoms with van der Waals surface area (Å²) in [5.74, 6) is 2.15. The lowest BCUT2D eigenvalue weighted by atomic mass is 9.93. The second-order valence-electron chi connectivity index (χ2n) is 7.70. The maximum Gasteiger partial charge on any atom is 0.240 e. The van der Waals surface area contributed by atoms with Gasteiger partial charge in [-0.05, 0) is 83.9 Å². The number of hydrogen-bond donors (Lipinski definition) is 0. The molecule has 0 aliphatic rings. The zero-order valence-electron chi connectivity index (χ0n) is 18.9. The van der Waals surface area contributed by atoms with Gasteiger partial charge < -0.3 is 9.47 Å². The molecule has 0 saturated heterocycles. The van der Waals surface area contributed by atoms with Gasteiger partial charge >= 0.3 is 0 Å². The highest BCUT2D eigenvalue weighted by Crippen LogP contribution is 2.37. The van der Waals surface area contributed by atoms with Gasteiger partial charge in [-0.1, -0.05) is 42.3 Å². The molecule has 0 unspecified atom stereocenters. The normalized spacial score (nSPS) is 11.1. The lowest BCUT2D eigenvalue weighted by Gasteiger charge is -2.16. The summed E-state index contributed by atoms with van der Waals surface area (Å²) in [4.78, 5) is 27.8. The fraction of sp³-hybridized carbons (Fsp3) is 0.0714. The summed E-state index contributed by atoms with van der Waals surface area (Å²) in [6.07, 6.45) is 3.00. The largest absolute Gasteiger partial charge is 0.456 e. The lowest BCUT2D eigenvalue weighted by molar-refractivity contribution is 0.482. The Balaban J connectivity index is 1.47. The molecule has 4 rings (SSSR count). The molecule has 0 fully saturated rings. The van der Waals surface area contributed by atoms with Crippen LogP contribution in [0.2, 0.25) is 10.0 Å². The minimum absolute atomic E-state index is 0.00377. The summed E-state index contributed by atoms with van der Waals surface area (Å²) in [6.45, 7) is 2.05. The topological polar surface area (TPSA) is 77.3 Å². The molecular weight excluding hydrogens is 499 g/mol. The predicted octanol–water partition coefficient (Wildman–Crippen LogP) is 8.66. The molecule has 4 aromatic carbocycles. The minimum Gasteiger partial charge on any atom is -0.456 e. The molecule has 36 heavy (non-hydrogen) atoms. The second-order valence-corrected chi connectivity index (χ2v) is 8.51. The van der Waals surface area contributed by atoms with Gasteiger partial charge in [-0.2, -0.15) is 9.98 Å². The molecule has 0 atom stereocenters. The number of aliphatic imine (C=N–C) groups is 2. The van der Waals surface area contributed by atoms with Gasteiger partial charge in [-0.25, -0.2) is 9.59 Å². The van der Waals surface area contributed by atoms with E-state index in [-0.39, 0.29) is 5.92 Å². The smallest absolute Gasteiger partial charge is 0.240 e. The van der Waals surface area contributed by atoms with Crippen molar-refractivity contribution in [1.29, 1.82) is 0 Å². The number of ether oxygens (including phenoxy) is 2. The van der Waals surface area contributed by atoms with Crippen molar-refractivity contribution in [2.75, 3.05) is 0 Å². The Morgan fingerprint density at radius 2 is 1.03 bits per heavy atom. The van der Waals surface area contributed by atoms with Gasteiger partial charge in [0.1, 0.15) is 23.0 Å². The van der Waals surface area contributed by atoms with Gasteiger partial charge in [0.2, 0.25) is 12.2 Å². The number of rotatable bonds is 8. The van der Waals surface area contributed by atoms with Crippen LogP contribution in [-0.4, -0.2) is 12.2 Å². The van der Waals surface area contributed by atoms with E-state index in [0.717, 1.165) is 11.1 Å². The summed E-state index contributed by atoms with van der Waals surface area (Å²) in [6, 6.07) is 24.6. The van der Waals surface area contributed by atoms with Gasteiger partial charge in [0.15, 0.2) is 0 Å². The SMILES string of the molecule is CC(c1ccc(Oc2ccc(N=C=O)cc2)c(Cl)c1)c1ccc(Oc2ccc(N=C=O)cc2)c(Cl)c1. The van der Waals surface area contributed by atoms with E-state index >= 15 is 0 Å². The van der Waals surface area contributed by atoms with E-state index in [1.54, 1.807) is 48.5 Å². The first kappa shape index (κ1) is 24.9. The third-order valence-corrected chi connectivity index (χ3v) is 5.98. The number of hydrogen-bond acceptors (Lipinski definition) is 6. The van der Waals surface area contributed by atoms with Crippen molar-refractivity contribution in [3.63, 3.8) is 0 Å². The van der Waals surface area contributed by atoms with E-state index in [0.29, 0.717) is 44.4 Å². The Morgan fingerprint density at radius 1 is 0.639 bits per heavy atom. The van der Waals surface area contributed by atoms with Crippen molar-refractivity contribution < 1.29 is 19.1 Å². The first-order chi connectivity index (χ1) is 17.5. The van der Waals surface area contributed by atoms with E-state index in [4.69, 9.17) is 32.7 Å². The quantitative estimate of drug-likeness (QED) is 0.173. The summed E-state index contributed by atoms with van der Waals surface area (Å²) in [5.41, 5.74) is 2.95. The van der Waals surface area contributed by atoms with Crippen LogP contribution in [0.4, 0.5) is 11.4 Å². The maximum absolute atomic E-state index is 10.4. The highest BCUT2D eigenvalue weighted by Gasteiger charge is 2.14. The average Bonchev–Trinajstić information content (AvgIpc) is 2.88. The molecule has 0 aliphatic carbocycles. The van der Waals surface area contributed by atoms with E-state index in [2.05, 4.69) is 16.9 Å². The van der Waals surface area contributed by atoms with Crippen molar-refractivity contribution in [2.45, 2.75) is 12.8 Å². The summed E-state index contributed by atoms with van der Waals surface area (Å²) >= 11 is 13.0. The first-order valence-corrected chi connectivity index (χ1v) is 11.5. The molecule has 0 aromatic heterocycles. The van der Waals surface area contributed by atoms with Crippen LogP contribution in [0.3, 0.4) is 0 Å². The van der Waals surface area contributed by atoms with Crippen LogP contribution in [0.15, 0.2) is 94.9 Å². The Morgan fingerprint density at radius 3 is 1.36 bits per heavy atom. The van der Waals surface area contributed by atoms with Crippen molar-refractivity contribution in [3.8, 4) is 23.0 Å². The maximum atomic E-state index is 10.4. The van der Waals surface area contributed by atoms with Crippen LogP contribution >= 0.6 is 23.2 Å². The third kappa shape index (κ3) is 6.08. The van der Waals surface area contributed by atoms with Gasteiger partial charge in [-0.3, -0.25) is 0 Å². The van der Waals surface area contributed by atoms with Crippen LogP contribution in [0.5, 0.6) is 23.0 Å². The van der Waals surface area contributed by atoms with E-state index < -0.39 is 0 Å². The Bertz CT molecular complexity index is 1360. The van der Waals surface area contributed by atoms with Gasteiger partial charge in [0.25, 0.3) is 0 Å². The fourth-order valence-electron chi connectivity index (χ4n) is 3.47. The third-order valence-electron chi connectivity index (χ3n) is 5.39. The molecule has 178 valence electrons. The summed E-state index contributed by atoms with van der Waals surface area (Å²) < 4.78 is 11.7. The average molecular weight is 517 g/mol. The number of carbonyl (C=O) groups excluding carboxylic acids is 2. The Hall–Kier alpha value is -4.18. The predicted molar refractivity (Wildman–Crippen MR) is 139 cm³/mol. The van der Waals surface area contributed by atoms with Gasteiger partial charge in [0.05, 0.1) is 21.4 Å². The molecule has 0 heterocycles. The summed E-state index contributed by atoms with van der Waals surface area (Å²) in [7, 11) is 0. The summed E-state index contributed by atoms with van der Waals surface area (Å²) in [5, 5.41) is 0.922. The van der Waals surface area contributed by atoms with Crippen molar-refractivity contribution in [1.82, 2.24) is 0 Å². The number of nitrogens with zero attached hydrogens (tertiary/aromatic N) is 2. The standard InChI is InChI=1S/C28H18Cl2N2O4/c1-18(19-2-12-27(25(29)14-19)35-23-8-4-21(5-9-23)31-16-33)20-3-13-28(26(30)15-20)36-24-10-6-22(7-11-24)32-17-34/h2-15,18H,1H3. The van der Waals surface area contributed by atoms with Crippen LogP contribution in [0.25, 0.3) is 0 Å². The number of isocyanates is 2. The molecular formula is C28H18Cl2N2O4. The Labute approximate surface area is 217 Å². The van der Waals surface area contributed by atoms with Crippen molar-refractivity contribution >= 4 is 46.7 Å². The molecule has 6 nitrogen and oxygen atoms in total. The zero-order chi connectivity index (χ0) is 25.5. The number of halogens is 2. The molecule has 4 aromatic rings. The molecule has 0 spiro atoms. The Kier molecular flexibility index (Phi) is 7.96. The van der Waals surface area contributed by atoms with Crippen LogP contribution in [0, 0.1) is 0 Å². The minimum atomic E-state index is 0.00377. The highest BCUT2D eigenvalue weighted by atomic mass is 35.5. The van der Waals surface area contributed by atoms with Crippen molar-refractivity contribution in [2.24, 2.45) is 9.98 Å². The molecule has 0 bridgehead atoms. The van der Waals surface area contributed by atoms with Crippen LogP contribution < -0.4 is 9.47 Å². The first-order valence-electron chi connectivity index (χ1n) is 10.8. The van der Waals surface area contributed by atoms with Gasteiger partial charge in [-0.15, -0.1) is 0 Å². The van der Waals surface area contributed by atoms with Gasteiger partial charge in [0, 0.05) is 5.92 Å². The monoisotopic (exact) mass is 516 g/mol. The van der Waals surface area contributed by atoms with Crippen molar-refractivity contribution in [3.05, 3.63) is 106 Å².